The van der Waals surface area contributed by atoms with Gasteiger partial charge in [0.1, 0.15) is 12.1 Å². The number of halogens is 2. The van der Waals surface area contributed by atoms with Crippen LogP contribution in [-0.4, -0.2) is 31.6 Å². The number of allylic oxidation sites excluding steroid dienone is 2. The molecule has 2 heterocycles. The number of hydrogen-bond donors (Lipinski definition) is 3. The maximum absolute atomic E-state index is 13.3. The number of aromatic amines is 1. The second-order valence-electron chi connectivity index (χ2n) is 7.60. The Labute approximate surface area is 192 Å². The topological polar surface area (TPSA) is 142 Å². The average molecular weight is 464 g/mol. The third-order valence-corrected chi connectivity index (χ3v) is 5.69. The van der Waals surface area contributed by atoms with Crippen molar-refractivity contribution in [1.29, 1.82) is 10.5 Å². The van der Waals surface area contributed by atoms with Crippen LogP contribution in [0.4, 0.5) is 20.4 Å². The van der Waals surface area contributed by atoms with Crippen LogP contribution in [0, 0.1) is 22.7 Å². The summed E-state index contributed by atoms with van der Waals surface area (Å²) in [6, 6.07) is 12.8. The number of fused-ring (bicyclic) bond motifs is 1. The lowest BCUT2D eigenvalue weighted by molar-refractivity contribution is 0.0946. The molecule has 3 aromatic rings. The van der Waals surface area contributed by atoms with Crippen molar-refractivity contribution < 1.29 is 19.0 Å². The van der Waals surface area contributed by atoms with Gasteiger partial charge in [-0.25, -0.2) is 23.2 Å². The minimum absolute atomic E-state index is 0.0479. The summed E-state index contributed by atoms with van der Waals surface area (Å²) in [6.45, 7) is 0.938. The molecule has 0 radical (unpaired) electrons. The number of rotatable bonds is 5. The van der Waals surface area contributed by atoms with Gasteiger partial charge in [-0.1, -0.05) is 18.2 Å². The van der Waals surface area contributed by atoms with Gasteiger partial charge in [0.25, 0.3) is 6.43 Å². The van der Waals surface area contributed by atoms with Gasteiger partial charge in [0, 0.05) is 16.9 Å². The molecular weight excluding hydrogens is 446 g/mol. The third-order valence-electron chi connectivity index (χ3n) is 5.69. The molecule has 0 amide bonds. The highest BCUT2D eigenvalue weighted by atomic mass is 19.3. The Morgan fingerprint density at radius 3 is 2.62 bits per heavy atom. The molecule has 0 saturated carbocycles. The van der Waals surface area contributed by atoms with Gasteiger partial charge in [-0.3, -0.25) is 4.90 Å². The molecule has 172 valence electrons. The third kappa shape index (κ3) is 3.63. The Bertz CT molecular complexity index is 1430. The Hall–Kier alpha value is -4.32. The molecule has 2 atom stereocenters. The monoisotopic (exact) mass is 464 g/mol. The van der Waals surface area contributed by atoms with E-state index in [4.69, 9.17) is 0 Å². The summed E-state index contributed by atoms with van der Waals surface area (Å²) >= 11 is 0. The number of aliphatic hydroxyl groups excluding tert-OH is 2. The average Bonchev–Trinajstić information content (AvgIpc) is 3.23. The molecule has 0 bridgehead atoms. The minimum atomic E-state index is -2.72. The van der Waals surface area contributed by atoms with Crippen LogP contribution >= 0.6 is 0 Å². The van der Waals surface area contributed by atoms with Crippen LogP contribution in [-0.2, 0) is 0 Å². The Balaban J connectivity index is 2.00. The minimum Gasteiger partial charge on any atom is -0.393 e. The summed E-state index contributed by atoms with van der Waals surface area (Å²) in [6.07, 6.45) is -4.10. The fraction of sp³-hybridized carbons (Fsp3) is 0.217. The van der Waals surface area contributed by atoms with E-state index in [-0.39, 0.29) is 33.9 Å². The molecule has 9 nitrogen and oxygen atoms in total. The quantitative estimate of drug-likeness (QED) is 0.527. The highest BCUT2D eigenvalue weighted by Gasteiger charge is 2.37. The van der Waals surface area contributed by atoms with Gasteiger partial charge < -0.3 is 10.2 Å². The molecule has 2 aromatic carbocycles. The molecule has 0 aliphatic carbocycles. The van der Waals surface area contributed by atoms with Gasteiger partial charge >= 0.3 is 5.69 Å². The molecule has 4 rings (SSSR count). The molecule has 11 heteroatoms. The molecule has 0 spiro atoms. The zero-order chi connectivity index (χ0) is 24.6. The second kappa shape index (κ2) is 8.90. The number of aromatic nitrogens is 3. The Morgan fingerprint density at radius 1 is 1.21 bits per heavy atom. The van der Waals surface area contributed by atoms with E-state index in [0.29, 0.717) is 11.3 Å². The van der Waals surface area contributed by atoms with Crippen LogP contribution in [0.2, 0.25) is 0 Å². The number of anilines is 2. The summed E-state index contributed by atoms with van der Waals surface area (Å²) < 4.78 is 27.8. The fourth-order valence-electron chi connectivity index (χ4n) is 4.11. The van der Waals surface area contributed by atoms with Gasteiger partial charge in [-0.2, -0.15) is 10.5 Å². The number of nitriles is 2. The van der Waals surface area contributed by atoms with Crippen molar-refractivity contribution in [2.45, 2.75) is 25.5 Å². The van der Waals surface area contributed by atoms with E-state index < -0.39 is 30.9 Å². The van der Waals surface area contributed by atoms with Crippen molar-refractivity contribution in [2.75, 3.05) is 11.5 Å². The lowest BCUT2D eigenvalue weighted by atomic mass is 9.89. The molecule has 0 fully saturated rings. The first-order chi connectivity index (χ1) is 16.3. The maximum atomic E-state index is 13.3. The first kappa shape index (κ1) is 22.9. The van der Waals surface area contributed by atoms with Crippen LogP contribution in [0.1, 0.15) is 47.7 Å². The van der Waals surface area contributed by atoms with Crippen molar-refractivity contribution in [2.24, 2.45) is 0 Å². The molecule has 0 saturated heterocycles. The summed E-state index contributed by atoms with van der Waals surface area (Å²) in [4.78, 5) is 14.3. The second-order valence-corrected chi connectivity index (χ2v) is 7.60. The molecule has 3 N–H and O–H groups in total. The van der Waals surface area contributed by atoms with Crippen molar-refractivity contribution in [3.05, 3.63) is 86.5 Å². The van der Waals surface area contributed by atoms with E-state index in [1.165, 1.54) is 45.9 Å². The summed E-state index contributed by atoms with van der Waals surface area (Å²) in [5.41, 5.74) is 0.471. The van der Waals surface area contributed by atoms with Crippen molar-refractivity contribution >= 4 is 11.6 Å². The molecule has 2 unspecified atom stereocenters. The number of aliphatic hydroxyl groups is 2. The number of hydrogen-bond acceptors (Lipinski definition) is 7. The normalized spacial score (nSPS) is 16.2. The van der Waals surface area contributed by atoms with Gasteiger partial charge in [-0.05, 0) is 42.3 Å². The summed E-state index contributed by atoms with van der Waals surface area (Å²) in [5.74, 6) is 0.0479. The van der Waals surface area contributed by atoms with E-state index in [1.807, 2.05) is 6.07 Å². The molecule has 34 heavy (non-hydrogen) atoms. The molecule has 1 aliphatic rings. The number of nitrogens with zero attached hydrogens (tertiary/aromatic N) is 5. The zero-order valence-corrected chi connectivity index (χ0v) is 17.8. The van der Waals surface area contributed by atoms with Crippen LogP contribution < -0.4 is 10.6 Å². The zero-order valence-electron chi connectivity index (χ0n) is 17.8. The Kier molecular flexibility index (Phi) is 5.99. The fourth-order valence-corrected chi connectivity index (χ4v) is 4.11. The number of nitrogens with one attached hydrogen (secondary N) is 1. The first-order valence-electron chi connectivity index (χ1n) is 10.1. The lowest BCUT2D eigenvalue weighted by Crippen LogP contribution is -2.35. The highest BCUT2D eigenvalue weighted by Crippen LogP contribution is 2.43. The van der Waals surface area contributed by atoms with E-state index in [1.54, 1.807) is 13.0 Å². The van der Waals surface area contributed by atoms with Gasteiger partial charge in [0.05, 0.1) is 29.9 Å². The predicted octanol–water partition coefficient (Wildman–Crippen LogP) is 2.95. The Morgan fingerprint density at radius 2 is 1.97 bits per heavy atom. The molecule has 1 aromatic heterocycles. The van der Waals surface area contributed by atoms with Gasteiger partial charge in [-0.15, -0.1) is 5.10 Å². The van der Waals surface area contributed by atoms with Crippen molar-refractivity contribution in [1.82, 2.24) is 14.8 Å². The number of benzene rings is 2. The molecule has 1 aliphatic heterocycles. The summed E-state index contributed by atoms with van der Waals surface area (Å²) in [7, 11) is 0. The standard InChI is InChI=1S/C23H18F2N6O3/c1-12-18(10-27)20(16-6-5-13(9-26)7-17(16)19(33)11-32)31-22(28-29-23(31)34)30(12)15-4-2-3-14(8-15)21(24)25/h2-8,19-21,32-33H,11H2,1H3,(H,29,34). The van der Waals surface area contributed by atoms with Crippen LogP contribution in [0.25, 0.3) is 0 Å². The predicted molar refractivity (Wildman–Crippen MR) is 116 cm³/mol. The molecular formula is C23H18F2N6O3. The lowest BCUT2D eigenvalue weighted by Gasteiger charge is -2.35. The smallest absolute Gasteiger partial charge is 0.345 e. The van der Waals surface area contributed by atoms with Crippen LogP contribution in [0.3, 0.4) is 0 Å². The van der Waals surface area contributed by atoms with E-state index in [2.05, 4.69) is 16.3 Å². The first-order valence-corrected chi connectivity index (χ1v) is 10.1. The van der Waals surface area contributed by atoms with E-state index in [9.17, 15) is 34.3 Å². The van der Waals surface area contributed by atoms with Crippen LogP contribution in [0.15, 0.2) is 58.5 Å². The number of alkyl halides is 2. The van der Waals surface area contributed by atoms with Gasteiger partial charge in [0.15, 0.2) is 0 Å². The van der Waals surface area contributed by atoms with E-state index >= 15 is 0 Å². The number of H-pyrrole nitrogens is 1. The van der Waals surface area contributed by atoms with E-state index in [0.717, 1.165) is 0 Å². The summed E-state index contributed by atoms with van der Waals surface area (Å²) in [5, 5.41) is 45.7. The largest absolute Gasteiger partial charge is 0.393 e. The van der Waals surface area contributed by atoms with Crippen molar-refractivity contribution in [3.8, 4) is 12.1 Å². The van der Waals surface area contributed by atoms with Gasteiger partial charge in [0.2, 0.25) is 5.95 Å². The SMILES string of the molecule is CC1=C(C#N)C(c2ccc(C#N)cc2C(O)CO)n2c(n[nH]c2=O)N1c1cccc(C(F)F)c1. The van der Waals surface area contributed by atoms with Crippen molar-refractivity contribution in [3.63, 3.8) is 0 Å². The highest BCUT2D eigenvalue weighted by molar-refractivity contribution is 5.69. The maximum Gasteiger partial charge on any atom is 0.345 e. The van der Waals surface area contributed by atoms with Crippen LogP contribution in [0.5, 0.6) is 0 Å².